The van der Waals surface area contributed by atoms with Gasteiger partial charge in [0.1, 0.15) is 5.75 Å². The molecule has 102 valence electrons. The normalized spacial score (nSPS) is 13.4. The van der Waals surface area contributed by atoms with Crippen LogP contribution in [0.25, 0.3) is 0 Å². The van der Waals surface area contributed by atoms with Crippen LogP contribution < -0.4 is 16.0 Å². The van der Waals surface area contributed by atoms with Gasteiger partial charge in [-0.1, -0.05) is 13.8 Å². The third-order valence-corrected chi connectivity index (χ3v) is 3.60. The summed E-state index contributed by atoms with van der Waals surface area (Å²) in [6.45, 7) is 4.18. The van der Waals surface area contributed by atoms with Gasteiger partial charge in [0.05, 0.1) is 24.9 Å². The fourth-order valence-electron chi connectivity index (χ4n) is 2.32. The minimum absolute atomic E-state index is 0.125. The van der Waals surface area contributed by atoms with Crippen LogP contribution in [0, 0.1) is 0 Å². The van der Waals surface area contributed by atoms with Crippen LogP contribution in [0.4, 0.5) is 0 Å². The van der Waals surface area contributed by atoms with Gasteiger partial charge in [-0.05, 0) is 24.5 Å². The first-order valence-electron chi connectivity index (χ1n) is 6.17. The smallest absolute Gasteiger partial charge is 0.137 e. The van der Waals surface area contributed by atoms with E-state index in [1.807, 2.05) is 6.07 Å². The Morgan fingerprint density at radius 2 is 2.00 bits per heavy atom. The molecule has 5 heteroatoms. The maximum absolute atomic E-state index is 5.71. The van der Waals surface area contributed by atoms with Gasteiger partial charge in [-0.25, -0.2) is 0 Å². The molecule has 0 fully saturated rings. The minimum atomic E-state index is -0.344. The fourth-order valence-corrected chi connectivity index (χ4v) is 2.32. The van der Waals surface area contributed by atoms with Gasteiger partial charge in [-0.3, -0.25) is 16.3 Å². The summed E-state index contributed by atoms with van der Waals surface area (Å²) in [6.07, 6.45) is 5.16. The highest BCUT2D eigenvalue weighted by atomic mass is 16.5. The predicted octanol–water partition coefficient (Wildman–Crippen LogP) is 1.80. The first-order chi connectivity index (χ1) is 8.67. The topological polar surface area (TPSA) is 69.4 Å². The third-order valence-electron chi connectivity index (χ3n) is 3.60. The number of methoxy groups -OCH3 is 2. The van der Waals surface area contributed by atoms with Crippen LogP contribution in [-0.2, 0) is 4.74 Å². The van der Waals surface area contributed by atoms with Gasteiger partial charge in [0.15, 0.2) is 0 Å². The minimum Gasteiger partial charge on any atom is -0.495 e. The SMILES string of the molecule is CCC(CC)(OC)C(NN)c1cncc(OC)c1. The molecule has 1 heterocycles. The highest BCUT2D eigenvalue weighted by Gasteiger charge is 2.36. The van der Waals surface area contributed by atoms with Crippen LogP contribution in [-0.4, -0.2) is 24.8 Å². The largest absolute Gasteiger partial charge is 0.495 e. The van der Waals surface area contributed by atoms with Gasteiger partial charge < -0.3 is 9.47 Å². The number of nitrogens with two attached hydrogens (primary N) is 1. The van der Waals surface area contributed by atoms with Gasteiger partial charge in [-0.15, -0.1) is 0 Å². The highest BCUT2D eigenvalue weighted by molar-refractivity contribution is 5.28. The molecule has 1 aromatic rings. The molecule has 3 N–H and O–H groups in total. The summed E-state index contributed by atoms with van der Waals surface area (Å²) >= 11 is 0. The number of ether oxygens (including phenoxy) is 2. The van der Waals surface area contributed by atoms with E-state index in [2.05, 4.69) is 24.3 Å². The van der Waals surface area contributed by atoms with E-state index in [1.54, 1.807) is 26.6 Å². The molecular weight excluding hydrogens is 230 g/mol. The van der Waals surface area contributed by atoms with Gasteiger partial charge in [-0.2, -0.15) is 0 Å². The van der Waals surface area contributed by atoms with E-state index in [0.29, 0.717) is 5.75 Å². The number of nitrogens with zero attached hydrogens (tertiary/aromatic N) is 1. The zero-order valence-electron chi connectivity index (χ0n) is 11.6. The molecule has 18 heavy (non-hydrogen) atoms. The van der Waals surface area contributed by atoms with Crippen LogP contribution in [0.5, 0.6) is 5.75 Å². The molecule has 5 nitrogen and oxygen atoms in total. The number of pyridine rings is 1. The summed E-state index contributed by atoms with van der Waals surface area (Å²) in [5, 5.41) is 0. The van der Waals surface area contributed by atoms with Crippen molar-refractivity contribution in [3.05, 3.63) is 24.0 Å². The Morgan fingerprint density at radius 3 is 2.44 bits per heavy atom. The molecule has 0 aromatic carbocycles. The zero-order valence-corrected chi connectivity index (χ0v) is 11.6. The summed E-state index contributed by atoms with van der Waals surface area (Å²) < 4.78 is 10.9. The van der Waals surface area contributed by atoms with Gasteiger partial charge in [0, 0.05) is 13.3 Å². The Hall–Kier alpha value is -1.17. The van der Waals surface area contributed by atoms with Crippen molar-refractivity contribution < 1.29 is 9.47 Å². The highest BCUT2D eigenvalue weighted by Crippen LogP contribution is 2.34. The monoisotopic (exact) mass is 253 g/mol. The van der Waals surface area contributed by atoms with E-state index >= 15 is 0 Å². The number of hydrogen-bond donors (Lipinski definition) is 2. The van der Waals surface area contributed by atoms with Crippen molar-refractivity contribution >= 4 is 0 Å². The molecule has 1 rings (SSSR count). The Balaban J connectivity index is 3.14. The summed E-state index contributed by atoms with van der Waals surface area (Å²) in [5.74, 6) is 6.42. The van der Waals surface area contributed by atoms with Gasteiger partial charge >= 0.3 is 0 Å². The summed E-state index contributed by atoms with van der Waals surface area (Å²) in [7, 11) is 3.33. The number of hydrogen-bond acceptors (Lipinski definition) is 5. The molecule has 1 unspecified atom stereocenters. The second-order valence-electron chi connectivity index (χ2n) is 4.23. The van der Waals surface area contributed by atoms with E-state index in [-0.39, 0.29) is 11.6 Å². The number of nitrogens with one attached hydrogen (secondary N) is 1. The molecule has 0 saturated carbocycles. The summed E-state index contributed by atoms with van der Waals surface area (Å²) in [6, 6.07) is 1.80. The van der Waals surface area contributed by atoms with E-state index in [9.17, 15) is 0 Å². The van der Waals surface area contributed by atoms with E-state index in [4.69, 9.17) is 15.3 Å². The molecule has 0 aliphatic carbocycles. The molecule has 1 aromatic heterocycles. The van der Waals surface area contributed by atoms with Crippen molar-refractivity contribution in [2.45, 2.75) is 38.3 Å². The van der Waals surface area contributed by atoms with Crippen LogP contribution in [0.2, 0.25) is 0 Å². The standard InChI is InChI=1S/C13H23N3O2/c1-5-13(6-2,18-4)12(16-14)10-7-11(17-3)9-15-8-10/h7-9,12,16H,5-6,14H2,1-4H3. The average Bonchev–Trinajstić information content (AvgIpc) is 2.45. The molecule has 0 saturated heterocycles. The maximum Gasteiger partial charge on any atom is 0.137 e. The number of rotatable bonds is 7. The maximum atomic E-state index is 5.71. The molecule has 0 spiro atoms. The van der Waals surface area contributed by atoms with Crippen LogP contribution in [0.3, 0.4) is 0 Å². The molecule has 0 aliphatic rings. The molecular formula is C13H23N3O2. The molecule has 0 bridgehead atoms. The second-order valence-corrected chi connectivity index (χ2v) is 4.23. The fraction of sp³-hybridized carbons (Fsp3) is 0.615. The van der Waals surface area contributed by atoms with Crippen molar-refractivity contribution in [3.63, 3.8) is 0 Å². The first kappa shape index (κ1) is 14.9. The van der Waals surface area contributed by atoms with E-state index in [1.165, 1.54) is 0 Å². The summed E-state index contributed by atoms with van der Waals surface area (Å²) in [5.41, 5.74) is 3.46. The van der Waals surface area contributed by atoms with Crippen molar-refractivity contribution in [1.82, 2.24) is 10.4 Å². The van der Waals surface area contributed by atoms with E-state index in [0.717, 1.165) is 18.4 Å². The van der Waals surface area contributed by atoms with Crippen molar-refractivity contribution in [1.29, 1.82) is 0 Å². The lowest BCUT2D eigenvalue weighted by atomic mass is 9.84. The lowest BCUT2D eigenvalue weighted by molar-refractivity contribution is -0.0487. The summed E-state index contributed by atoms with van der Waals surface area (Å²) in [4.78, 5) is 4.16. The molecule has 0 amide bonds. The Labute approximate surface area is 109 Å². The Kier molecular flexibility index (Phi) is 5.53. The van der Waals surface area contributed by atoms with Crippen molar-refractivity contribution in [3.8, 4) is 5.75 Å². The van der Waals surface area contributed by atoms with E-state index < -0.39 is 0 Å². The third kappa shape index (κ3) is 2.80. The zero-order chi connectivity index (χ0) is 13.6. The second kappa shape index (κ2) is 6.68. The van der Waals surface area contributed by atoms with Crippen LogP contribution in [0.1, 0.15) is 38.3 Å². The first-order valence-corrected chi connectivity index (χ1v) is 6.17. The van der Waals surface area contributed by atoms with Gasteiger partial charge in [0.2, 0.25) is 0 Å². The van der Waals surface area contributed by atoms with Crippen LogP contribution in [0.15, 0.2) is 18.5 Å². The molecule has 1 atom stereocenters. The Bertz CT molecular complexity index is 359. The number of aromatic nitrogens is 1. The van der Waals surface area contributed by atoms with Gasteiger partial charge in [0.25, 0.3) is 0 Å². The van der Waals surface area contributed by atoms with Crippen molar-refractivity contribution in [2.24, 2.45) is 5.84 Å². The Morgan fingerprint density at radius 1 is 1.33 bits per heavy atom. The quantitative estimate of drug-likeness (QED) is 0.573. The molecule has 0 aliphatic heterocycles. The average molecular weight is 253 g/mol. The lowest BCUT2D eigenvalue weighted by Gasteiger charge is -2.38. The number of hydrazine groups is 1. The predicted molar refractivity (Wildman–Crippen MR) is 71.2 cm³/mol. The lowest BCUT2D eigenvalue weighted by Crippen LogP contribution is -2.47. The molecule has 0 radical (unpaired) electrons. The van der Waals surface area contributed by atoms with Crippen LogP contribution >= 0.6 is 0 Å². The van der Waals surface area contributed by atoms with Crippen molar-refractivity contribution in [2.75, 3.05) is 14.2 Å².